The number of carbonyl (C=O) groups excluding carboxylic acids is 2. The maximum Gasteiger partial charge on any atom is 0.242 e. The molecule has 0 atom stereocenters. The molecule has 5 nitrogen and oxygen atoms in total. The Bertz CT molecular complexity index is 771. The van der Waals surface area contributed by atoms with Gasteiger partial charge in [0.1, 0.15) is 0 Å². The summed E-state index contributed by atoms with van der Waals surface area (Å²) in [5.41, 5.74) is 2.56. The summed E-state index contributed by atoms with van der Waals surface area (Å²) in [5.74, 6) is 0.0217. The smallest absolute Gasteiger partial charge is 0.242 e. The van der Waals surface area contributed by atoms with Crippen molar-refractivity contribution in [2.75, 3.05) is 39.3 Å². The second kappa shape index (κ2) is 10.8. The van der Waals surface area contributed by atoms with Crippen LogP contribution >= 0.6 is 0 Å². The Kier molecular flexibility index (Phi) is 7.82. The molecule has 0 aromatic heterocycles. The highest BCUT2D eigenvalue weighted by molar-refractivity contribution is 5.83. The van der Waals surface area contributed by atoms with Gasteiger partial charge in [0.25, 0.3) is 0 Å². The van der Waals surface area contributed by atoms with Crippen molar-refractivity contribution < 1.29 is 9.59 Å². The maximum atomic E-state index is 12.7. The Morgan fingerprint density at radius 3 is 2.03 bits per heavy atom. The first-order chi connectivity index (χ1) is 14.1. The minimum absolute atomic E-state index is 0.0332. The molecule has 2 aromatic carbocycles. The lowest BCUT2D eigenvalue weighted by molar-refractivity contribution is -0.140. The molecule has 2 aromatic rings. The molecule has 2 amide bonds. The van der Waals surface area contributed by atoms with Crippen LogP contribution < -0.4 is 0 Å². The Morgan fingerprint density at radius 2 is 1.45 bits per heavy atom. The summed E-state index contributed by atoms with van der Waals surface area (Å²) in [7, 11) is 0. The van der Waals surface area contributed by atoms with Gasteiger partial charge in [-0.1, -0.05) is 60.7 Å². The minimum Gasteiger partial charge on any atom is -0.339 e. The van der Waals surface area contributed by atoms with Crippen LogP contribution in [0.4, 0.5) is 0 Å². The van der Waals surface area contributed by atoms with Crippen molar-refractivity contribution in [2.45, 2.75) is 26.3 Å². The molecule has 1 heterocycles. The predicted octanol–water partition coefficient (Wildman–Crippen LogP) is 2.81. The molecule has 0 spiro atoms. The quantitative estimate of drug-likeness (QED) is 0.693. The standard InChI is InChI=1S/C24H31N3O2/c1-21(28)27(14-8-13-22-9-4-2-5-10-22)20-24(29)26-17-15-25(16-18-26)19-23-11-6-3-7-12-23/h2-7,9-12H,8,13-20H2,1H3. The van der Waals surface area contributed by atoms with Gasteiger partial charge in [0.15, 0.2) is 0 Å². The third-order valence-corrected chi connectivity index (χ3v) is 5.48. The summed E-state index contributed by atoms with van der Waals surface area (Å²) in [6.07, 6.45) is 1.78. The molecule has 0 unspecified atom stereocenters. The fraction of sp³-hybridized carbons (Fsp3) is 0.417. The van der Waals surface area contributed by atoms with Crippen LogP contribution in [0.1, 0.15) is 24.5 Å². The van der Waals surface area contributed by atoms with E-state index in [4.69, 9.17) is 0 Å². The fourth-order valence-electron chi connectivity index (χ4n) is 3.73. The maximum absolute atomic E-state index is 12.7. The van der Waals surface area contributed by atoms with Gasteiger partial charge in [-0.05, 0) is 24.0 Å². The van der Waals surface area contributed by atoms with Gasteiger partial charge < -0.3 is 9.80 Å². The molecule has 0 radical (unpaired) electrons. The van der Waals surface area contributed by atoms with Crippen LogP contribution in [-0.4, -0.2) is 65.8 Å². The van der Waals surface area contributed by atoms with Crippen LogP contribution in [0, 0.1) is 0 Å². The number of benzene rings is 2. The normalized spacial score (nSPS) is 14.6. The van der Waals surface area contributed by atoms with Crippen LogP contribution in [0.15, 0.2) is 60.7 Å². The Morgan fingerprint density at radius 1 is 0.862 bits per heavy atom. The fourth-order valence-corrected chi connectivity index (χ4v) is 3.73. The van der Waals surface area contributed by atoms with E-state index in [-0.39, 0.29) is 18.4 Å². The van der Waals surface area contributed by atoms with Crippen molar-refractivity contribution in [3.05, 3.63) is 71.8 Å². The zero-order chi connectivity index (χ0) is 20.5. The van der Waals surface area contributed by atoms with Gasteiger partial charge >= 0.3 is 0 Å². The topological polar surface area (TPSA) is 43.9 Å². The first-order valence-electron chi connectivity index (χ1n) is 10.5. The van der Waals surface area contributed by atoms with Crippen molar-refractivity contribution in [3.63, 3.8) is 0 Å². The van der Waals surface area contributed by atoms with Crippen LogP contribution in [0.25, 0.3) is 0 Å². The van der Waals surface area contributed by atoms with E-state index in [0.29, 0.717) is 6.54 Å². The number of hydrogen-bond acceptors (Lipinski definition) is 3. The van der Waals surface area contributed by atoms with E-state index in [1.54, 1.807) is 11.8 Å². The zero-order valence-electron chi connectivity index (χ0n) is 17.3. The average Bonchev–Trinajstić information content (AvgIpc) is 2.75. The molecule has 1 saturated heterocycles. The van der Waals surface area contributed by atoms with Crippen LogP contribution in [0.3, 0.4) is 0 Å². The van der Waals surface area contributed by atoms with E-state index in [1.165, 1.54) is 11.1 Å². The van der Waals surface area contributed by atoms with Gasteiger partial charge in [-0.15, -0.1) is 0 Å². The molecule has 1 fully saturated rings. The van der Waals surface area contributed by atoms with E-state index < -0.39 is 0 Å². The van der Waals surface area contributed by atoms with Crippen LogP contribution in [0.2, 0.25) is 0 Å². The van der Waals surface area contributed by atoms with Crippen molar-refractivity contribution in [3.8, 4) is 0 Å². The van der Waals surface area contributed by atoms with Gasteiger partial charge in [0.05, 0.1) is 6.54 Å². The lowest BCUT2D eigenvalue weighted by Gasteiger charge is -2.35. The molecule has 29 heavy (non-hydrogen) atoms. The van der Waals surface area contributed by atoms with Crippen LogP contribution in [-0.2, 0) is 22.6 Å². The van der Waals surface area contributed by atoms with Crippen molar-refractivity contribution in [1.29, 1.82) is 0 Å². The van der Waals surface area contributed by atoms with Crippen LogP contribution in [0.5, 0.6) is 0 Å². The lowest BCUT2D eigenvalue weighted by Crippen LogP contribution is -2.51. The van der Waals surface area contributed by atoms with Crippen molar-refractivity contribution in [1.82, 2.24) is 14.7 Å². The molecule has 3 rings (SSSR count). The largest absolute Gasteiger partial charge is 0.339 e. The number of hydrogen-bond donors (Lipinski definition) is 0. The Balaban J connectivity index is 1.42. The summed E-state index contributed by atoms with van der Waals surface area (Å²) in [4.78, 5) is 30.7. The highest BCUT2D eigenvalue weighted by atomic mass is 16.2. The van der Waals surface area contributed by atoms with Gasteiger partial charge in [-0.3, -0.25) is 14.5 Å². The number of piperazine rings is 1. The Hall–Kier alpha value is -2.66. The van der Waals surface area contributed by atoms with E-state index in [2.05, 4.69) is 41.3 Å². The second-order valence-corrected chi connectivity index (χ2v) is 7.67. The first kappa shape index (κ1) is 21.1. The molecule has 0 N–H and O–H groups in total. The van der Waals surface area contributed by atoms with Gasteiger partial charge in [0.2, 0.25) is 11.8 Å². The van der Waals surface area contributed by atoms with Crippen molar-refractivity contribution >= 4 is 11.8 Å². The third-order valence-electron chi connectivity index (χ3n) is 5.48. The molecule has 0 aliphatic carbocycles. The minimum atomic E-state index is -0.0332. The van der Waals surface area contributed by atoms with E-state index in [1.807, 2.05) is 29.2 Å². The predicted molar refractivity (Wildman–Crippen MR) is 115 cm³/mol. The molecule has 0 bridgehead atoms. The van der Waals surface area contributed by atoms with E-state index in [0.717, 1.165) is 45.6 Å². The Labute approximate surface area is 173 Å². The number of carbonyl (C=O) groups is 2. The second-order valence-electron chi connectivity index (χ2n) is 7.67. The molecule has 5 heteroatoms. The molecular formula is C24H31N3O2. The monoisotopic (exact) mass is 393 g/mol. The SMILES string of the molecule is CC(=O)N(CCCc1ccccc1)CC(=O)N1CCN(Cc2ccccc2)CC1. The van der Waals surface area contributed by atoms with Crippen molar-refractivity contribution in [2.24, 2.45) is 0 Å². The first-order valence-corrected chi connectivity index (χ1v) is 10.5. The summed E-state index contributed by atoms with van der Waals surface area (Å²) in [6.45, 7) is 6.45. The highest BCUT2D eigenvalue weighted by Crippen LogP contribution is 2.10. The van der Waals surface area contributed by atoms with Gasteiger partial charge in [-0.2, -0.15) is 0 Å². The number of amides is 2. The highest BCUT2D eigenvalue weighted by Gasteiger charge is 2.23. The third kappa shape index (κ3) is 6.71. The van der Waals surface area contributed by atoms with Gasteiger partial charge in [0, 0.05) is 46.2 Å². The molecule has 154 valence electrons. The lowest BCUT2D eigenvalue weighted by atomic mass is 10.1. The number of rotatable bonds is 8. The summed E-state index contributed by atoms with van der Waals surface area (Å²) >= 11 is 0. The summed E-state index contributed by atoms with van der Waals surface area (Å²) < 4.78 is 0. The molecular weight excluding hydrogens is 362 g/mol. The molecule has 1 aliphatic heterocycles. The number of aryl methyl sites for hydroxylation is 1. The molecule has 1 aliphatic rings. The molecule has 0 saturated carbocycles. The van der Waals surface area contributed by atoms with E-state index >= 15 is 0 Å². The van der Waals surface area contributed by atoms with E-state index in [9.17, 15) is 9.59 Å². The zero-order valence-corrected chi connectivity index (χ0v) is 17.3. The number of nitrogens with zero attached hydrogens (tertiary/aromatic N) is 3. The van der Waals surface area contributed by atoms with Gasteiger partial charge in [-0.25, -0.2) is 0 Å². The summed E-state index contributed by atoms with van der Waals surface area (Å²) in [6, 6.07) is 20.7. The summed E-state index contributed by atoms with van der Waals surface area (Å²) in [5, 5.41) is 0. The average molecular weight is 394 g/mol.